The number of rotatable bonds is 1. The molecule has 1 N–H and O–H groups in total. The molecule has 0 aliphatic heterocycles. The Labute approximate surface area is 91.7 Å². The number of benzene rings is 1. The molecular formula is C11H9ClO3. The van der Waals surface area contributed by atoms with E-state index >= 15 is 0 Å². The fourth-order valence-corrected chi connectivity index (χ4v) is 2.21. The Morgan fingerprint density at radius 3 is 2.73 bits per heavy atom. The standard InChI is InChI=1S/C11H9ClO3/c12-8-5-4-7(11(14)15)6-2-1-3-9(13)10(6)8/h4-5H,1-3H2,(H,14,15). The predicted octanol–water partition coefficient (Wildman–Crippen LogP) is 2.56. The number of fused-ring (bicyclic) bond motifs is 1. The van der Waals surface area contributed by atoms with Gasteiger partial charge in [0.1, 0.15) is 0 Å². The van der Waals surface area contributed by atoms with Gasteiger partial charge in [-0.3, -0.25) is 4.79 Å². The number of Topliss-reactive ketones (excluding diaryl/α,β-unsaturated/α-hetero) is 1. The van der Waals surface area contributed by atoms with E-state index < -0.39 is 5.97 Å². The summed E-state index contributed by atoms with van der Waals surface area (Å²) in [6.07, 6.45) is 1.77. The van der Waals surface area contributed by atoms with Crippen LogP contribution >= 0.6 is 11.6 Å². The van der Waals surface area contributed by atoms with Crippen LogP contribution in [-0.4, -0.2) is 16.9 Å². The van der Waals surface area contributed by atoms with Crippen LogP contribution in [0.1, 0.15) is 39.1 Å². The van der Waals surface area contributed by atoms with E-state index in [0.717, 1.165) is 0 Å². The highest BCUT2D eigenvalue weighted by Crippen LogP contribution is 2.30. The summed E-state index contributed by atoms with van der Waals surface area (Å²) in [6, 6.07) is 2.94. The molecule has 4 heteroatoms. The lowest BCUT2D eigenvalue weighted by Gasteiger charge is -2.17. The van der Waals surface area contributed by atoms with Gasteiger partial charge in [0.15, 0.2) is 5.78 Å². The Kier molecular flexibility index (Phi) is 2.49. The molecule has 1 aromatic carbocycles. The Hall–Kier alpha value is -1.35. The predicted molar refractivity (Wildman–Crippen MR) is 55.7 cm³/mol. The van der Waals surface area contributed by atoms with Gasteiger partial charge in [0, 0.05) is 12.0 Å². The molecule has 0 aromatic heterocycles. The maximum atomic E-state index is 11.6. The molecule has 1 aromatic rings. The summed E-state index contributed by atoms with van der Waals surface area (Å²) in [7, 11) is 0. The lowest BCUT2D eigenvalue weighted by molar-refractivity contribution is 0.0695. The molecule has 15 heavy (non-hydrogen) atoms. The van der Waals surface area contributed by atoms with Crippen molar-refractivity contribution in [3.8, 4) is 0 Å². The average Bonchev–Trinajstić information content (AvgIpc) is 2.17. The van der Waals surface area contributed by atoms with Crippen LogP contribution in [0.5, 0.6) is 0 Å². The second-order valence-corrected chi connectivity index (χ2v) is 3.94. The molecule has 0 saturated heterocycles. The van der Waals surface area contributed by atoms with E-state index in [2.05, 4.69) is 0 Å². The summed E-state index contributed by atoms with van der Waals surface area (Å²) in [5.41, 5.74) is 1.19. The first-order valence-corrected chi connectivity index (χ1v) is 5.07. The zero-order valence-electron chi connectivity index (χ0n) is 7.92. The minimum atomic E-state index is -1.00. The lowest BCUT2D eigenvalue weighted by Crippen LogP contribution is -2.15. The van der Waals surface area contributed by atoms with E-state index in [4.69, 9.17) is 16.7 Å². The number of carbonyl (C=O) groups is 2. The molecule has 3 nitrogen and oxygen atoms in total. The van der Waals surface area contributed by atoms with Crippen LogP contribution in [0.3, 0.4) is 0 Å². The first kappa shape index (κ1) is 10.2. The van der Waals surface area contributed by atoms with E-state index in [1.165, 1.54) is 12.1 Å². The number of aromatic carboxylic acids is 1. The fraction of sp³-hybridized carbons (Fsp3) is 0.273. The van der Waals surface area contributed by atoms with E-state index in [1.54, 1.807) is 0 Å². The highest BCUT2D eigenvalue weighted by molar-refractivity contribution is 6.34. The van der Waals surface area contributed by atoms with Crippen LogP contribution < -0.4 is 0 Å². The summed E-state index contributed by atoms with van der Waals surface area (Å²) in [4.78, 5) is 22.5. The minimum absolute atomic E-state index is 0.0515. The zero-order chi connectivity index (χ0) is 11.0. The molecule has 0 bridgehead atoms. The topological polar surface area (TPSA) is 54.4 Å². The summed E-state index contributed by atoms with van der Waals surface area (Å²) in [6.45, 7) is 0. The van der Waals surface area contributed by atoms with Gasteiger partial charge in [-0.15, -0.1) is 0 Å². The van der Waals surface area contributed by atoms with Crippen LogP contribution in [0, 0.1) is 0 Å². The summed E-state index contributed by atoms with van der Waals surface area (Å²) in [5.74, 6) is -1.05. The van der Waals surface area contributed by atoms with Crippen LogP contribution in [0.15, 0.2) is 12.1 Å². The van der Waals surface area contributed by atoms with Crippen molar-refractivity contribution in [3.05, 3.63) is 33.8 Å². The number of carbonyl (C=O) groups excluding carboxylic acids is 1. The summed E-state index contributed by atoms with van der Waals surface area (Å²) >= 11 is 5.90. The second-order valence-electron chi connectivity index (χ2n) is 3.53. The molecular weight excluding hydrogens is 216 g/mol. The maximum Gasteiger partial charge on any atom is 0.335 e. The molecule has 0 radical (unpaired) electrons. The molecule has 1 aliphatic rings. The first-order chi connectivity index (χ1) is 7.11. The molecule has 2 rings (SSSR count). The van der Waals surface area contributed by atoms with Gasteiger partial charge in [-0.05, 0) is 30.5 Å². The third-order valence-corrected chi connectivity index (χ3v) is 2.92. The van der Waals surface area contributed by atoms with Crippen molar-refractivity contribution in [2.45, 2.75) is 19.3 Å². The summed E-state index contributed by atoms with van der Waals surface area (Å²) < 4.78 is 0. The van der Waals surface area contributed by atoms with Crippen molar-refractivity contribution in [1.82, 2.24) is 0 Å². The van der Waals surface area contributed by atoms with E-state index in [0.29, 0.717) is 35.4 Å². The van der Waals surface area contributed by atoms with E-state index in [9.17, 15) is 9.59 Å². The van der Waals surface area contributed by atoms with Crippen molar-refractivity contribution in [2.75, 3.05) is 0 Å². The van der Waals surface area contributed by atoms with Crippen LogP contribution in [0.25, 0.3) is 0 Å². The monoisotopic (exact) mass is 224 g/mol. The van der Waals surface area contributed by atoms with Gasteiger partial charge in [0.05, 0.1) is 10.6 Å². The normalized spacial score (nSPS) is 14.9. The lowest BCUT2D eigenvalue weighted by atomic mass is 9.87. The molecule has 0 amide bonds. The third kappa shape index (κ3) is 1.63. The van der Waals surface area contributed by atoms with Gasteiger partial charge in [0.25, 0.3) is 0 Å². The number of hydrogen-bond acceptors (Lipinski definition) is 2. The van der Waals surface area contributed by atoms with Crippen LogP contribution in [0.2, 0.25) is 5.02 Å². The Bertz CT molecular complexity index is 451. The zero-order valence-corrected chi connectivity index (χ0v) is 8.67. The number of carboxylic acids is 1. The Balaban J connectivity index is 2.69. The molecule has 0 spiro atoms. The van der Waals surface area contributed by atoms with Crippen molar-refractivity contribution >= 4 is 23.4 Å². The second kappa shape index (κ2) is 3.66. The number of hydrogen-bond donors (Lipinski definition) is 1. The van der Waals surface area contributed by atoms with Gasteiger partial charge >= 0.3 is 5.97 Å². The molecule has 1 aliphatic carbocycles. The van der Waals surface area contributed by atoms with Gasteiger partial charge in [-0.2, -0.15) is 0 Å². The molecule has 0 fully saturated rings. The minimum Gasteiger partial charge on any atom is -0.478 e. The smallest absolute Gasteiger partial charge is 0.335 e. The largest absolute Gasteiger partial charge is 0.478 e. The molecule has 0 atom stereocenters. The average molecular weight is 225 g/mol. The van der Waals surface area contributed by atoms with Crippen LogP contribution in [-0.2, 0) is 6.42 Å². The maximum absolute atomic E-state index is 11.6. The number of halogens is 1. The Morgan fingerprint density at radius 1 is 1.33 bits per heavy atom. The molecule has 78 valence electrons. The van der Waals surface area contributed by atoms with E-state index in [1.807, 2.05) is 0 Å². The van der Waals surface area contributed by atoms with Gasteiger partial charge in [0.2, 0.25) is 0 Å². The van der Waals surface area contributed by atoms with Crippen molar-refractivity contribution in [1.29, 1.82) is 0 Å². The quantitative estimate of drug-likeness (QED) is 0.798. The van der Waals surface area contributed by atoms with Crippen molar-refractivity contribution < 1.29 is 14.7 Å². The molecule has 0 unspecified atom stereocenters. The fourth-order valence-electron chi connectivity index (χ4n) is 1.93. The van der Waals surface area contributed by atoms with Crippen molar-refractivity contribution in [2.24, 2.45) is 0 Å². The molecule has 0 heterocycles. The summed E-state index contributed by atoms with van der Waals surface area (Å²) in [5, 5.41) is 9.32. The van der Waals surface area contributed by atoms with Gasteiger partial charge in [-0.1, -0.05) is 11.6 Å². The SMILES string of the molecule is O=C(O)c1ccc(Cl)c2c1CCCC2=O. The Morgan fingerprint density at radius 2 is 2.07 bits per heavy atom. The first-order valence-electron chi connectivity index (χ1n) is 4.69. The number of carboxylic acid groups (broad SMARTS) is 1. The molecule has 0 saturated carbocycles. The highest BCUT2D eigenvalue weighted by atomic mass is 35.5. The van der Waals surface area contributed by atoms with Gasteiger partial charge < -0.3 is 5.11 Å². The number of ketones is 1. The van der Waals surface area contributed by atoms with Crippen LogP contribution in [0.4, 0.5) is 0 Å². The van der Waals surface area contributed by atoms with Crippen molar-refractivity contribution in [3.63, 3.8) is 0 Å². The van der Waals surface area contributed by atoms with Gasteiger partial charge in [-0.25, -0.2) is 4.79 Å². The third-order valence-electron chi connectivity index (χ3n) is 2.60. The van der Waals surface area contributed by atoms with E-state index in [-0.39, 0.29) is 11.3 Å². The highest BCUT2D eigenvalue weighted by Gasteiger charge is 2.24.